The van der Waals surface area contributed by atoms with Crippen LogP contribution in [0.15, 0.2) is 192 Å². The molecule has 1 atom stereocenters. The van der Waals surface area contributed by atoms with E-state index in [1.54, 1.807) is 0 Å². The lowest BCUT2D eigenvalue weighted by Gasteiger charge is -2.26. The van der Waals surface area contributed by atoms with Crippen molar-refractivity contribution in [3.63, 3.8) is 0 Å². The van der Waals surface area contributed by atoms with Crippen LogP contribution < -0.4 is 15.5 Å². The van der Waals surface area contributed by atoms with Crippen LogP contribution in [-0.2, 0) is 0 Å². The quantitative estimate of drug-likeness (QED) is 0.170. The van der Waals surface area contributed by atoms with Gasteiger partial charge in [-0.05, 0) is 107 Å². The van der Waals surface area contributed by atoms with E-state index in [4.69, 9.17) is 4.42 Å². The first-order valence-corrected chi connectivity index (χ1v) is 19.8. The summed E-state index contributed by atoms with van der Waals surface area (Å²) in [6.45, 7) is 0. The zero-order valence-corrected chi connectivity index (χ0v) is 31.1. The zero-order chi connectivity index (χ0) is 37.5. The molecular formula is C54H36N2O. The first-order chi connectivity index (χ1) is 28.2. The third-order valence-corrected chi connectivity index (χ3v) is 12.1. The third-order valence-electron chi connectivity index (χ3n) is 12.1. The van der Waals surface area contributed by atoms with E-state index < -0.39 is 0 Å². The van der Waals surface area contributed by atoms with E-state index in [2.05, 4.69) is 203 Å². The van der Waals surface area contributed by atoms with E-state index in [0.29, 0.717) is 0 Å². The van der Waals surface area contributed by atoms with E-state index in [0.717, 1.165) is 34.5 Å². The van der Waals surface area contributed by atoms with Crippen LogP contribution in [0.25, 0.3) is 83.5 Å². The Hall–Kier alpha value is -7.36. The second-order valence-corrected chi connectivity index (χ2v) is 15.3. The van der Waals surface area contributed by atoms with E-state index in [1.165, 1.54) is 76.5 Å². The second-order valence-electron chi connectivity index (χ2n) is 15.3. The predicted molar refractivity (Wildman–Crippen MR) is 238 cm³/mol. The third kappa shape index (κ3) is 5.06. The van der Waals surface area contributed by atoms with Gasteiger partial charge >= 0.3 is 0 Å². The Balaban J connectivity index is 0.940. The maximum absolute atomic E-state index is 6.27. The SMILES string of the molecule is C1=c2oc3ccccc3c2=CCC1c1ccc(N(c2ccc(-c3ccccc3)cc2)c2ccc(-c3cc4c5ccccc5n5c6ccccc6c(c3)c45)cc2)cc1. The second kappa shape index (κ2) is 12.6. The number of nitrogens with zero attached hydrogens (tertiary/aromatic N) is 2. The summed E-state index contributed by atoms with van der Waals surface area (Å²) in [5.74, 6) is 0.254. The van der Waals surface area contributed by atoms with Gasteiger partial charge in [0.2, 0.25) is 0 Å². The molecule has 0 saturated carbocycles. The Labute approximate surface area is 329 Å². The highest BCUT2D eigenvalue weighted by atomic mass is 16.3. The van der Waals surface area contributed by atoms with Gasteiger partial charge in [-0.1, -0.05) is 127 Å². The fourth-order valence-electron chi connectivity index (χ4n) is 9.32. The summed E-state index contributed by atoms with van der Waals surface area (Å²) in [7, 11) is 0. The molecule has 11 aromatic rings. The standard InChI is InChI=1S/C54H36N2O/c1-2-10-35(11-3-1)36-18-25-41(26-19-36)55(42-27-20-37(21-28-42)39-24-31-47-46-14-6-9-17-52(46)57-53(47)34-39)43-29-22-38(23-30-43)40-32-48-44-12-4-7-15-50(44)56-51-16-8-5-13-45(51)49(33-40)54(48)56/h1-23,25-34,39H,24H2. The molecule has 0 N–H and O–H groups in total. The van der Waals surface area contributed by atoms with Crippen molar-refractivity contribution in [1.29, 1.82) is 0 Å². The molecular weight excluding hydrogens is 693 g/mol. The van der Waals surface area contributed by atoms with Crippen molar-refractivity contribution in [3.05, 3.63) is 204 Å². The molecule has 1 aliphatic rings. The first-order valence-electron chi connectivity index (χ1n) is 19.8. The molecule has 0 saturated heterocycles. The molecule has 3 aromatic heterocycles. The maximum atomic E-state index is 6.27. The molecule has 3 heteroatoms. The molecule has 3 heterocycles. The van der Waals surface area contributed by atoms with Crippen molar-refractivity contribution in [2.75, 3.05) is 4.90 Å². The minimum atomic E-state index is 0.254. The smallest absolute Gasteiger partial charge is 0.135 e. The van der Waals surface area contributed by atoms with Crippen LogP contribution in [0, 0.1) is 0 Å². The Morgan fingerprint density at radius 2 is 0.965 bits per heavy atom. The van der Waals surface area contributed by atoms with E-state index in [9.17, 15) is 0 Å². The fourth-order valence-corrected chi connectivity index (χ4v) is 9.32. The van der Waals surface area contributed by atoms with Crippen LogP contribution in [0.2, 0.25) is 0 Å². The fraction of sp³-hybridized carbons (Fsp3) is 0.0370. The summed E-state index contributed by atoms with van der Waals surface area (Å²) in [4.78, 5) is 2.36. The van der Waals surface area contributed by atoms with Gasteiger partial charge in [-0.3, -0.25) is 0 Å². The van der Waals surface area contributed by atoms with Gasteiger partial charge < -0.3 is 13.7 Å². The van der Waals surface area contributed by atoms with Gasteiger partial charge in [-0.25, -0.2) is 0 Å². The molecule has 0 spiro atoms. The van der Waals surface area contributed by atoms with Gasteiger partial charge in [0.15, 0.2) is 0 Å². The molecule has 0 amide bonds. The average molecular weight is 729 g/mol. The molecule has 1 unspecified atom stereocenters. The summed E-state index contributed by atoms with van der Waals surface area (Å²) in [5, 5.41) is 7.57. The summed E-state index contributed by atoms with van der Waals surface area (Å²) >= 11 is 0. The molecule has 0 aliphatic heterocycles. The molecule has 0 bridgehead atoms. The van der Waals surface area contributed by atoms with Crippen LogP contribution in [0.4, 0.5) is 17.1 Å². The molecule has 3 nitrogen and oxygen atoms in total. The minimum absolute atomic E-state index is 0.254. The van der Waals surface area contributed by atoms with Crippen LogP contribution in [0.1, 0.15) is 17.9 Å². The predicted octanol–water partition coefficient (Wildman–Crippen LogP) is 13.1. The molecule has 1 aliphatic carbocycles. The Morgan fingerprint density at radius 3 is 1.60 bits per heavy atom. The largest absolute Gasteiger partial charge is 0.456 e. The normalized spacial score (nSPS) is 14.0. The number of aromatic nitrogens is 1. The number of hydrogen-bond donors (Lipinski definition) is 0. The molecule has 12 rings (SSSR count). The highest BCUT2D eigenvalue weighted by molar-refractivity contribution is 6.24. The Bertz CT molecular complexity index is 3330. The molecule has 57 heavy (non-hydrogen) atoms. The lowest BCUT2D eigenvalue weighted by atomic mass is 9.92. The number of benzene rings is 8. The Kier molecular flexibility index (Phi) is 7.05. The van der Waals surface area contributed by atoms with Gasteiger partial charge in [0.05, 0.1) is 16.6 Å². The summed E-state index contributed by atoms with van der Waals surface area (Å²) in [6, 6.07) is 68.4. The number of fused-ring (bicyclic) bond motifs is 9. The lowest BCUT2D eigenvalue weighted by molar-refractivity contribution is 0.569. The van der Waals surface area contributed by atoms with E-state index >= 15 is 0 Å². The monoisotopic (exact) mass is 728 g/mol. The van der Waals surface area contributed by atoms with E-state index in [-0.39, 0.29) is 5.92 Å². The lowest BCUT2D eigenvalue weighted by Crippen LogP contribution is -2.24. The average Bonchev–Trinajstić information content (AvgIpc) is 3.94. The summed E-state index contributed by atoms with van der Waals surface area (Å²) in [6.07, 6.45) is 5.58. The number of para-hydroxylation sites is 3. The minimum Gasteiger partial charge on any atom is -0.456 e. The van der Waals surface area contributed by atoms with Gasteiger partial charge in [-0.2, -0.15) is 0 Å². The van der Waals surface area contributed by atoms with Crippen molar-refractivity contribution in [1.82, 2.24) is 4.40 Å². The number of rotatable bonds is 6. The van der Waals surface area contributed by atoms with Crippen molar-refractivity contribution in [2.24, 2.45) is 0 Å². The van der Waals surface area contributed by atoms with Crippen molar-refractivity contribution in [2.45, 2.75) is 12.3 Å². The highest BCUT2D eigenvalue weighted by Crippen LogP contribution is 2.43. The molecule has 268 valence electrons. The van der Waals surface area contributed by atoms with Crippen LogP contribution >= 0.6 is 0 Å². The Morgan fingerprint density at radius 1 is 0.456 bits per heavy atom. The molecule has 0 fully saturated rings. The van der Waals surface area contributed by atoms with Crippen LogP contribution in [-0.4, -0.2) is 4.40 Å². The maximum Gasteiger partial charge on any atom is 0.135 e. The van der Waals surface area contributed by atoms with Crippen LogP contribution in [0.3, 0.4) is 0 Å². The van der Waals surface area contributed by atoms with Crippen molar-refractivity contribution >= 4 is 78.3 Å². The molecule has 0 radical (unpaired) electrons. The van der Waals surface area contributed by atoms with Gasteiger partial charge in [0, 0.05) is 55.1 Å². The van der Waals surface area contributed by atoms with Crippen molar-refractivity contribution < 1.29 is 4.42 Å². The first kappa shape index (κ1) is 31.9. The van der Waals surface area contributed by atoms with Gasteiger partial charge in [0.25, 0.3) is 0 Å². The van der Waals surface area contributed by atoms with E-state index in [1.807, 2.05) is 6.07 Å². The summed E-state index contributed by atoms with van der Waals surface area (Å²) in [5.41, 5.74) is 15.2. The van der Waals surface area contributed by atoms with Crippen LogP contribution in [0.5, 0.6) is 0 Å². The number of furan rings is 1. The summed E-state index contributed by atoms with van der Waals surface area (Å²) < 4.78 is 8.71. The molecule has 8 aromatic carbocycles. The number of hydrogen-bond acceptors (Lipinski definition) is 2. The van der Waals surface area contributed by atoms with Gasteiger partial charge in [0.1, 0.15) is 11.0 Å². The highest BCUT2D eigenvalue weighted by Gasteiger charge is 2.20. The van der Waals surface area contributed by atoms with Gasteiger partial charge in [-0.15, -0.1) is 0 Å². The number of anilines is 3. The van der Waals surface area contributed by atoms with Crippen molar-refractivity contribution in [3.8, 4) is 22.3 Å². The topological polar surface area (TPSA) is 20.8 Å². The zero-order valence-electron chi connectivity index (χ0n) is 31.1.